The third-order valence-electron chi connectivity index (χ3n) is 2.50. The topological polar surface area (TPSA) is 122 Å². The van der Waals surface area contributed by atoms with Crippen LogP contribution in [0.5, 0.6) is 5.75 Å². The van der Waals surface area contributed by atoms with E-state index in [0.717, 1.165) is 0 Å². The number of hydrogen-bond acceptors (Lipinski definition) is 6. The largest absolute Gasteiger partial charge is 0.487 e. The first kappa shape index (κ1) is 15.9. The molecule has 0 aliphatic rings. The number of rotatable bonds is 7. The molecule has 0 spiro atoms. The van der Waals surface area contributed by atoms with E-state index in [1.54, 1.807) is 6.92 Å². The van der Waals surface area contributed by atoms with Gasteiger partial charge in [-0.15, -0.1) is 0 Å². The number of hydrogen-bond donors (Lipinski definition) is 3. The van der Waals surface area contributed by atoms with Crippen LogP contribution in [0.25, 0.3) is 0 Å². The molecule has 1 aromatic carbocycles. The van der Waals surface area contributed by atoms with Gasteiger partial charge in [-0.2, -0.15) is 0 Å². The van der Waals surface area contributed by atoms with Crippen LogP contribution in [0.4, 0.5) is 5.69 Å². The molecule has 1 aromatic rings. The maximum atomic E-state index is 12.0. The number of nitro benzene ring substituents is 1. The Labute approximate surface area is 115 Å². The number of nitrogens with one attached hydrogen (secondary N) is 1. The number of carbonyl (C=O) groups is 1. The smallest absolute Gasteiger partial charge is 0.311 e. The van der Waals surface area contributed by atoms with E-state index < -0.39 is 30.1 Å². The van der Waals surface area contributed by atoms with Gasteiger partial charge >= 0.3 is 5.69 Å². The van der Waals surface area contributed by atoms with Crippen molar-refractivity contribution in [2.75, 3.05) is 19.8 Å². The lowest BCUT2D eigenvalue weighted by atomic mass is 10.1. The van der Waals surface area contributed by atoms with E-state index in [-0.39, 0.29) is 23.6 Å². The van der Waals surface area contributed by atoms with E-state index in [1.165, 1.54) is 18.2 Å². The van der Waals surface area contributed by atoms with E-state index in [0.29, 0.717) is 0 Å². The summed E-state index contributed by atoms with van der Waals surface area (Å²) in [6.07, 6.45) is 0. The Bertz CT molecular complexity index is 487. The van der Waals surface area contributed by atoms with Gasteiger partial charge < -0.3 is 20.3 Å². The molecule has 0 saturated carbocycles. The van der Waals surface area contributed by atoms with Crippen molar-refractivity contribution in [2.45, 2.75) is 13.0 Å². The van der Waals surface area contributed by atoms with Gasteiger partial charge in [-0.25, -0.2) is 0 Å². The minimum absolute atomic E-state index is 0.0204. The number of ether oxygens (including phenoxy) is 1. The summed E-state index contributed by atoms with van der Waals surface area (Å²) in [6.45, 7) is 0.916. The second-order valence-corrected chi connectivity index (χ2v) is 3.88. The normalized spacial score (nSPS) is 10.4. The molecular weight excluding hydrogens is 268 g/mol. The standard InChI is InChI=1S/C12H16N2O6/c1-2-20-11-9(4-3-5-10(11)14(18)19)12(17)13-8(6-15)7-16/h3-5,8,15-16H,2,6-7H2,1H3,(H,13,17). The minimum atomic E-state index is -0.837. The Hall–Kier alpha value is -2.19. The molecular formula is C12H16N2O6. The molecule has 0 aliphatic heterocycles. The molecule has 0 atom stereocenters. The fourth-order valence-electron chi connectivity index (χ4n) is 1.56. The molecule has 0 aliphatic carbocycles. The van der Waals surface area contributed by atoms with Crippen molar-refractivity contribution < 1.29 is 24.7 Å². The zero-order chi connectivity index (χ0) is 15.1. The number of para-hydroxylation sites is 1. The molecule has 8 heteroatoms. The summed E-state index contributed by atoms with van der Waals surface area (Å²) >= 11 is 0. The highest BCUT2D eigenvalue weighted by Crippen LogP contribution is 2.30. The summed E-state index contributed by atoms with van der Waals surface area (Å²) in [4.78, 5) is 22.3. The molecule has 0 aromatic heterocycles. The van der Waals surface area contributed by atoms with Gasteiger partial charge in [-0.1, -0.05) is 6.07 Å². The van der Waals surface area contributed by atoms with Crippen LogP contribution in [0.15, 0.2) is 18.2 Å². The van der Waals surface area contributed by atoms with E-state index in [1.807, 2.05) is 0 Å². The zero-order valence-corrected chi connectivity index (χ0v) is 10.9. The summed E-state index contributed by atoms with van der Waals surface area (Å²) in [7, 11) is 0. The van der Waals surface area contributed by atoms with Gasteiger partial charge in [-0.05, 0) is 13.0 Å². The van der Waals surface area contributed by atoms with Crippen LogP contribution >= 0.6 is 0 Å². The van der Waals surface area contributed by atoms with Crippen molar-refractivity contribution in [1.29, 1.82) is 0 Å². The van der Waals surface area contributed by atoms with Crippen LogP contribution in [0.2, 0.25) is 0 Å². The van der Waals surface area contributed by atoms with Crippen LogP contribution < -0.4 is 10.1 Å². The lowest BCUT2D eigenvalue weighted by Gasteiger charge is -2.15. The van der Waals surface area contributed by atoms with Gasteiger partial charge in [0.15, 0.2) is 0 Å². The first-order chi connectivity index (χ1) is 9.54. The van der Waals surface area contributed by atoms with Gasteiger partial charge in [0.1, 0.15) is 0 Å². The molecule has 110 valence electrons. The lowest BCUT2D eigenvalue weighted by Crippen LogP contribution is -2.40. The number of nitrogens with zero attached hydrogens (tertiary/aromatic N) is 1. The monoisotopic (exact) mass is 284 g/mol. The molecule has 1 amide bonds. The van der Waals surface area contributed by atoms with E-state index >= 15 is 0 Å². The maximum absolute atomic E-state index is 12.0. The van der Waals surface area contributed by atoms with E-state index in [2.05, 4.69) is 5.32 Å². The zero-order valence-electron chi connectivity index (χ0n) is 10.9. The summed E-state index contributed by atoms with van der Waals surface area (Å²) in [5.41, 5.74) is -0.336. The van der Waals surface area contributed by atoms with Gasteiger partial charge in [-0.3, -0.25) is 14.9 Å². The number of amides is 1. The molecule has 0 radical (unpaired) electrons. The molecule has 0 bridgehead atoms. The molecule has 0 unspecified atom stereocenters. The van der Waals surface area contributed by atoms with Crippen molar-refractivity contribution in [3.8, 4) is 5.75 Å². The number of aliphatic hydroxyl groups excluding tert-OH is 2. The van der Waals surface area contributed by atoms with Crippen LogP contribution in [0, 0.1) is 10.1 Å². The molecule has 3 N–H and O–H groups in total. The average molecular weight is 284 g/mol. The Kier molecular flexibility index (Phi) is 5.88. The minimum Gasteiger partial charge on any atom is -0.487 e. The Morgan fingerprint density at radius 3 is 2.60 bits per heavy atom. The van der Waals surface area contributed by atoms with Gasteiger partial charge in [0, 0.05) is 6.07 Å². The van der Waals surface area contributed by atoms with Crippen molar-refractivity contribution in [3.63, 3.8) is 0 Å². The van der Waals surface area contributed by atoms with Crippen molar-refractivity contribution in [2.24, 2.45) is 0 Å². The predicted octanol–water partition coefficient (Wildman–Crippen LogP) is 0.0765. The molecule has 0 fully saturated rings. The molecule has 1 rings (SSSR count). The average Bonchev–Trinajstić information content (AvgIpc) is 2.44. The SMILES string of the molecule is CCOc1c(C(=O)NC(CO)CO)cccc1[N+](=O)[O-]. The number of nitro groups is 1. The Balaban J connectivity index is 3.13. The summed E-state index contributed by atoms with van der Waals surface area (Å²) in [6, 6.07) is 3.13. The van der Waals surface area contributed by atoms with E-state index in [4.69, 9.17) is 14.9 Å². The van der Waals surface area contributed by atoms with Gasteiger partial charge in [0.05, 0.1) is 36.3 Å². The van der Waals surface area contributed by atoms with Gasteiger partial charge in [0.2, 0.25) is 5.75 Å². The van der Waals surface area contributed by atoms with Crippen molar-refractivity contribution in [1.82, 2.24) is 5.32 Å². The van der Waals surface area contributed by atoms with Crippen molar-refractivity contribution >= 4 is 11.6 Å². The number of carbonyl (C=O) groups excluding carboxylic acids is 1. The highest BCUT2D eigenvalue weighted by atomic mass is 16.6. The lowest BCUT2D eigenvalue weighted by molar-refractivity contribution is -0.385. The Morgan fingerprint density at radius 2 is 2.10 bits per heavy atom. The van der Waals surface area contributed by atoms with Crippen LogP contribution in [0.3, 0.4) is 0 Å². The highest BCUT2D eigenvalue weighted by molar-refractivity contribution is 5.98. The molecule has 0 saturated heterocycles. The second-order valence-electron chi connectivity index (χ2n) is 3.88. The van der Waals surface area contributed by atoms with Gasteiger partial charge in [0.25, 0.3) is 5.91 Å². The number of aliphatic hydroxyl groups is 2. The highest BCUT2D eigenvalue weighted by Gasteiger charge is 2.24. The maximum Gasteiger partial charge on any atom is 0.311 e. The quantitative estimate of drug-likeness (QED) is 0.481. The second kappa shape index (κ2) is 7.41. The molecule has 8 nitrogen and oxygen atoms in total. The summed E-state index contributed by atoms with van der Waals surface area (Å²) in [5.74, 6) is -0.794. The third kappa shape index (κ3) is 3.65. The fourth-order valence-corrected chi connectivity index (χ4v) is 1.56. The van der Waals surface area contributed by atoms with Crippen LogP contribution in [-0.4, -0.2) is 46.9 Å². The summed E-state index contributed by atoms with van der Waals surface area (Å²) in [5, 5.41) is 31.1. The van der Waals surface area contributed by atoms with Crippen molar-refractivity contribution in [3.05, 3.63) is 33.9 Å². The summed E-state index contributed by atoms with van der Waals surface area (Å²) < 4.78 is 5.17. The first-order valence-electron chi connectivity index (χ1n) is 5.97. The first-order valence-corrected chi connectivity index (χ1v) is 5.97. The fraction of sp³-hybridized carbons (Fsp3) is 0.417. The Morgan fingerprint density at radius 1 is 1.45 bits per heavy atom. The van der Waals surface area contributed by atoms with E-state index in [9.17, 15) is 14.9 Å². The third-order valence-corrected chi connectivity index (χ3v) is 2.50. The predicted molar refractivity (Wildman–Crippen MR) is 69.7 cm³/mol. The molecule has 0 heterocycles. The molecule has 20 heavy (non-hydrogen) atoms. The van der Waals surface area contributed by atoms with Crippen LogP contribution in [0.1, 0.15) is 17.3 Å². The van der Waals surface area contributed by atoms with Crippen LogP contribution in [-0.2, 0) is 0 Å². The number of benzene rings is 1.